The van der Waals surface area contributed by atoms with E-state index in [4.69, 9.17) is 15.0 Å². The van der Waals surface area contributed by atoms with E-state index in [9.17, 15) is 0 Å². The molecule has 0 fully saturated rings. The van der Waals surface area contributed by atoms with Gasteiger partial charge in [-0.15, -0.1) is 0 Å². The smallest absolute Gasteiger partial charge is 0.0974 e. The number of pyridine rings is 3. The molecule has 0 aliphatic carbocycles. The lowest BCUT2D eigenvalue weighted by Gasteiger charge is -2.12. The molecule has 0 amide bonds. The van der Waals surface area contributed by atoms with Gasteiger partial charge in [-0.1, -0.05) is 127 Å². The second-order valence-corrected chi connectivity index (χ2v) is 11.3. The Balaban J connectivity index is 1.26. The molecular weight excluding hydrogens is 546 g/mol. The van der Waals surface area contributed by atoms with Crippen molar-refractivity contribution in [3.63, 3.8) is 0 Å². The maximum Gasteiger partial charge on any atom is 0.0974 e. The number of nitrogens with zero attached hydrogens (tertiary/aromatic N) is 3. The van der Waals surface area contributed by atoms with E-state index in [0.29, 0.717) is 0 Å². The van der Waals surface area contributed by atoms with Crippen LogP contribution in [0, 0.1) is 6.92 Å². The van der Waals surface area contributed by atoms with E-state index in [1.807, 2.05) is 18.2 Å². The van der Waals surface area contributed by atoms with Crippen LogP contribution in [0.1, 0.15) is 5.69 Å². The highest BCUT2D eigenvalue weighted by atomic mass is 14.8. The zero-order valence-electron chi connectivity index (χ0n) is 24.9. The summed E-state index contributed by atoms with van der Waals surface area (Å²) in [5, 5.41) is 2.18. The molecule has 0 radical (unpaired) electrons. The van der Waals surface area contributed by atoms with Gasteiger partial charge in [-0.05, 0) is 59.5 Å². The molecular formula is C42H29N3. The predicted molar refractivity (Wildman–Crippen MR) is 187 cm³/mol. The first-order valence-corrected chi connectivity index (χ1v) is 15.2. The first kappa shape index (κ1) is 26.7. The van der Waals surface area contributed by atoms with Crippen molar-refractivity contribution in [1.82, 2.24) is 15.0 Å². The van der Waals surface area contributed by atoms with Crippen LogP contribution in [0.15, 0.2) is 158 Å². The summed E-state index contributed by atoms with van der Waals surface area (Å²) in [7, 11) is 0. The summed E-state index contributed by atoms with van der Waals surface area (Å²) in [5.41, 5.74) is 13.4. The van der Waals surface area contributed by atoms with Crippen LogP contribution in [0.5, 0.6) is 0 Å². The summed E-state index contributed by atoms with van der Waals surface area (Å²) in [5.74, 6) is 0. The van der Waals surface area contributed by atoms with Crippen molar-refractivity contribution in [1.29, 1.82) is 0 Å². The van der Waals surface area contributed by atoms with E-state index in [0.717, 1.165) is 72.4 Å². The summed E-state index contributed by atoms with van der Waals surface area (Å²) in [6, 6.07) is 55.0. The molecule has 8 aromatic rings. The molecule has 0 bridgehead atoms. The number of aryl methyl sites for hydroxylation is 1. The summed E-state index contributed by atoms with van der Waals surface area (Å²) in [6.45, 7) is 2.05. The zero-order chi connectivity index (χ0) is 30.2. The molecule has 0 aliphatic heterocycles. The van der Waals surface area contributed by atoms with E-state index in [2.05, 4.69) is 146 Å². The highest BCUT2D eigenvalue weighted by molar-refractivity contribution is 6.08. The monoisotopic (exact) mass is 575 g/mol. The van der Waals surface area contributed by atoms with Gasteiger partial charge in [0.05, 0.1) is 28.1 Å². The third kappa shape index (κ3) is 5.15. The maximum absolute atomic E-state index is 5.23. The standard InChI is InChI=1S/C42H29N3/c1-28-24-37(30-14-7-3-8-15-30)36-22-20-32-21-23-38(45-41(32)42(36)43-28)33-18-11-19-34(25-33)40-27-35(29-12-5-2-6-13-29)26-39(44-40)31-16-9-4-10-17-31/h2-27H,1H3. The summed E-state index contributed by atoms with van der Waals surface area (Å²) in [6.07, 6.45) is 0. The van der Waals surface area contributed by atoms with Crippen LogP contribution in [0.4, 0.5) is 0 Å². The van der Waals surface area contributed by atoms with Crippen molar-refractivity contribution in [2.45, 2.75) is 6.92 Å². The van der Waals surface area contributed by atoms with Gasteiger partial charge < -0.3 is 0 Å². The van der Waals surface area contributed by atoms with E-state index < -0.39 is 0 Å². The minimum atomic E-state index is 0.906. The van der Waals surface area contributed by atoms with E-state index in [-0.39, 0.29) is 0 Å². The summed E-state index contributed by atoms with van der Waals surface area (Å²) in [4.78, 5) is 15.4. The van der Waals surface area contributed by atoms with Gasteiger partial charge in [0.2, 0.25) is 0 Å². The van der Waals surface area contributed by atoms with Crippen LogP contribution < -0.4 is 0 Å². The van der Waals surface area contributed by atoms with Gasteiger partial charge in [-0.3, -0.25) is 4.98 Å². The number of aromatic nitrogens is 3. The Hall–Kier alpha value is -5.93. The van der Waals surface area contributed by atoms with Crippen molar-refractivity contribution in [2.24, 2.45) is 0 Å². The second-order valence-electron chi connectivity index (χ2n) is 11.3. The topological polar surface area (TPSA) is 38.7 Å². The Labute approximate surface area is 262 Å². The molecule has 0 spiro atoms. The van der Waals surface area contributed by atoms with Gasteiger partial charge in [-0.25, -0.2) is 9.97 Å². The van der Waals surface area contributed by atoms with Crippen LogP contribution >= 0.6 is 0 Å². The molecule has 0 saturated heterocycles. The molecule has 3 heterocycles. The first-order valence-electron chi connectivity index (χ1n) is 15.2. The Kier molecular flexibility index (Phi) is 6.69. The van der Waals surface area contributed by atoms with Gasteiger partial charge in [0.15, 0.2) is 0 Å². The third-order valence-corrected chi connectivity index (χ3v) is 8.31. The van der Waals surface area contributed by atoms with Crippen LogP contribution in [-0.4, -0.2) is 15.0 Å². The van der Waals surface area contributed by atoms with E-state index >= 15 is 0 Å². The molecule has 0 N–H and O–H groups in total. The van der Waals surface area contributed by atoms with Crippen LogP contribution in [-0.2, 0) is 0 Å². The van der Waals surface area contributed by atoms with Gasteiger partial charge >= 0.3 is 0 Å². The molecule has 3 aromatic heterocycles. The van der Waals surface area contributed by atoms with E-state index in [1.54, 1.807) is 0 Å². The van der Waals surface area contributed by atoms with Crippen LogP contribution in [0.2, 0.25) is 0 Å². The lowest BCUT2D eigenvalue weighted by molar-refractivity contribution is 1.25. The SMILES string of the molecule is Cc1cc(-c2ccccc2)c2ccc3ccc(-c4cccc(-c5cc(-c6ccccc6)cc(-c6ccccc6)n5)c4)nc3c2n1. The number of benzene rings is 5. The average Bonchev–Trinajstić information content (AvgIpc) is 3.12. The van der Waals surface area contributed by atoms with Gasteiger partial charge in [0.25, 0.3) is 0 Å². The molecule has 0 aliphatic rings. The Bertz CT molecular complexity index is 2250. The first-order chi connectivity index (χ1) is 22.2. The summed E-state index contributed by atoms with van der Waals surface area (Å²) >= 11 is 0. The number of hydrogen-bond donors (Lipinski definition) is 0. The Morgan fingerprint density at radius 3 is 1.64 bits per heavy atom. The number of fused-ring (bicyclic) bond motifs is 3. The molecule has 0 saturated carbocycles. The van der Waals surface area contributed by atoms with Gasteiger partial charge in [0.1, 0.15) is 0 Å². The fraction of sp³-hybridized carbons (Fsp3) is 0.0238. The molecule has 212 valence electrons. The second kappa shape index (κ2) is 11.3. The van der Waals surface area contributed by atoms with Crippen molar-refractivity contribution in [2.75, 3.05) is 0 Å². The maximum atomic E-state index is 5.23. The van der Waals surface area contributed by atoms with Crippen molar-refractivity contribution in [3.8, 4) is 56.0 Å². The highest BCUT2D eigenvalue weighted by Crippen LogP contribution is 2.35. The molecule has 0 atom stereocenters. The lowest BCUT2D eigenvalue weighted by Crippen LogP contribution is -1.94. The van der Waals surface area contributed by atoms with Crippen molar-refractivity contribution < 1.29 is 0 Å². The molecule has 5 aromatic carbocycles. The quantitative estimate of drug-likeness (QED) is 0.192. The Morgan fingerprint density at radius 2 is 0.933 bits per heavy atom. The van der Waals surface area contributed by atoms with Gasteiger partial charge in [-0.2, -0.15) is 0 Å². The lowest BCUT2D eigenvalue weighted by atomic mass is 9.98. The molecule has 3 nitrogen and oxygen atoms in total. The normalized spacial score (nSPS) is 11.2. The fourth-order valence-electron chi connectivity index (χ4n) is 6.09. The number of hydrogen-bond acceptors (Lipinski definition) is 3. The number of rotatable bonds is 5. The van der Waals surface area contributed by atoms with Crippen molar-refractivity contribution in [3.05, 3.63) is 163 Å². The molecule has 3 heteroatoms. The largest absolute Gasteiger partial charge is 0.251 e. The van der Waals surface area contributed by atoms with Gasteiger partial charge in [0, 0.05) is 33.2 Å². The molecule has 0 unspecified atom stereocenters. The van der Waals surface area contributed by atoms with Crippen molar-refractivity contribution >= 4 is 21.8 Å². The Morgan fingerprint density at radius 1 is 0.356 bits per heavy atom. The molecule has 45 heavy (non-hydrogen) atoms. The minimum absolute atomic E-state index is 0.906. The minimum Gasteiger partial charge on any atom is -0.251 e. The third-order valence-electron chi connectivity index (χ3n) is 8.31. The molecule has 8 rings (SSSR count). The predicted octanol–water partition coefficient (Wildman–Crippen LogP) is 10.8. The summed E-state index contributed by atoms with van der Waals surface area (Å²) < 4.78 is 0. The van der Waals surface area contributed by atoms with Crippen LogP contribution in [0.3, 0.4) is 0 Å². The fourth-order valence-corrected chi connectivity index (χ4v) is 6.09. The highest BCUT2D eigenvalue weighted by Gasteiger charge is 2.13. The average molecular weight is 576 g/mol. The van der Waals surface area contributed by atoms with E-state index in [1.165, 1.54) is 11.1 Å². The van der Waals surface area contributed by atoms with Crippen LogP contribution in [0.25, 0.3) is 77.8 Å². The zero-order valence-corrected chi connectivity index (χ0v) is 24.9.